The van der Waals surface area contributed by atoms with Crippen molar-refractivity contribution in [3.05, 3.63) is 35.6 Å². The summed E-state index contributed by atoms with van der Waals surface area (Å²) < 4.78 is 12.7. The van der Waals surface area contributed by atoms with Gasteiger partial charge in [0.05, 0.1) is 17.9 Å². The normalized spacial score (nSPS) is 23.2. The average molecular weight is 251 g/mol. The van der Waals surface area contributed by atoms with Gasteiger partial charge in [-0.05, 0) is 31.0 Å². The molecule has 5 heteroatoms. The van der Waals surface area contributed by atoms with Crippen LogP contribution in [0.15, 0.2) is 24.3 Å². The van der Waals surface area contributed by atoms with E-state index in [1.165, 1.54) is 12.1 Å². The van der Waals surface area contributed by atoms with Crippen LogP contribution in [0, 0.1) is 17.7 Å². The molecule has 0 aromatic heterocycles. The van der Waals surface area contributed by atoms with Crippen molar-refractivity contribution in [1.82, 2.24) is 5.32 Å². The third-order valence-corrected chi connectivity index (χ3v) is 3.17. The van der Waals surface area contributed by atoms with Gasteiger partial charge in [0, 0.05) is 0 Å². The smallest absolute Gasteiger partial charge is 0.307 e. The van der Waals surface area contributed by atoms with E-state index >= 15 is 0 Å². The monoisotopic (exact) mass is 251 g/mol. The molecule has 0 spiro atoms. The Labute approximate surface area is 104 Å². The molecule has 3 atom stereocenters. The molecule has 2 N–H and O–H groups in total. The number of carbonyl (C=O) groups excluding carboxylic acids is 1. The standard InChI is InChI=1S/C13H14FNO3/c1-7(8-2-4-9(14)5-3-8)15-12(16)10-6-11(10)13(17)18/h2-5,7,10-11H,6H2,1H3,(H,15,16)(H,17,18)/t7-,10-,11+/m1/s1. The largest absolute Gasteiger partial charge is 0.481 e. The highest BCUT2D eigenvalue weighted by atomic mass is 19.1. The Morgan fingerprint density at radius 3 is 2.44 bits per heavy atom. The number of rotatable bonds is 4. The first-order valence-electron chi connectivity index (χ1n) is 5.77. The van der Waals surface area contributed by atoms with Crippen LogP contribution < -0.4 is 5.32 Å². The van der Waals surface area contributed by atoms with Crippen LogP contribution in [-0.4, -0.2) is 17.0 Å². The molecule has 1 aliphatic rings. The molecule has 0 saturated heterocycles. The second kappa shape index (κ2) is 4.76. The van der Waals surface area contributed by atoms with Gasteiger partial charge >= 0.3 is 5.97 Å². The van der Waals surface area contributed by atoms with Crippen molar-refractivity contribution in [2.45, 2.75) is 19.4 Å². The zero-order valence-corrected chi connectivity index (χ0v) is 9.89. The van der Waals surface area contributed by atoms with Gasteiger partial charge in [0.25, 0.3) is 0 Å². The van der Waals surface area contributed by atoms with Crippen LogP contribution in [0.4, 0.5) is 4.39 Å². The molecule has 0 unspecified atom stereocenters. The lowest BCUT2D eigenvalue weighted by atomic mass is 10.1. The molecule has 1 fully saturated rings. The third kappa shape index (κ3) is 2.67. The number of hydrogen-bond acceptors (Lipinski definition) is 2. The van der Waals surface area contributed by atoms with Crippen molar-refractivity contribution in [3.63, 3.8) is 0 Å². The van der Waals surface area contributed by atoms with Crippen molar-refractivity contribution in [2.75, 3.05) is 0 Å². The van der Waals surface area contributed by atoms with Crippen molar-refractivity contribution in [3.8, 4) is 0 Å². The summed E-state index contributed by atoms with van der Waals surface area (Å²) >= 11 is 0. The number of benzene rings is 1. The lowest BCUT2D eigenvalue weighted by Crippen LogP contribution is -2.29. The molecule has 0 heterocycles. The Morgan fingerprint density at radius 2 is 1.94 bits per heavy atom. The Kier molecular flexibility index (Phi) is 3.32. The van der Waals surface area contributed by atoms with Crippen molar-refractivity contribution in [1.29, 1.82) is 0 Å². The number of hydrogen-bond donors (Lipinski definition) is 2. The van der Waals surface area contributed by atoms with Crippen LogP contribution in [0.25, 0.3) is 0 Å². The summed E-state index contributed by atoms with van der Waals surface area (Å²) in [4.78, 5) is 22.4. The summed E-state index contributed by atoms with van der Waals surface area (Å²) in [6, 6.07) is 5.60. The Hall–Kier alpha value is -1.91. The predicted octanol–water partition coefficient (Wildman–Crippen LogP) is 1.72. The summed E-state index contributed by atoms with van der Waals surface area (Å²) in [5.41, 5.74) is 0.789. The Morgan fingerprint density at radius 1 is 1.33 bits per heavy atom. The molecule has 1 aromatic rings. The molecular weight excluding hydrogens is 237 g/mol. The first kappa shape index (κ1) is 12.5. The summed E-state index contributed by atoms with van der Waals surface area (Å²) in [6.07, 6.45) is 0.400. The van der Waals surface area contributed by atoms with Gasteiger partial charge in [-0.3, -0.25) is 9.59 Å². The van der Waals surface area contributed by atoms with Crippen molar-refractivity contribution < 1.29 is 19.1 Å². The van der Waals surface area contributed by atoms with Crippen molar-refractivity contribution >= 4 is 11.9 Å². The van der Waals surface area contributed by atoms with E-state index in [2.05, 4.69) is 5.32 Å². The van der Waals surface area contributed by atoms with Crippen LogP contribution >= 0.6 is 0 Å². The number of halogens is 1. The van der Waals surface area contributed by atoms with Crippen LogP contribution in [-0.2, 0) is 9.59 Å². The fourth-order valence-electron chi connectivity index (χ4n) is 1.91. The number of amides is 1. The van der Waals surface area contributed by atoms with Gasteiger partial charge < -0.3 is 10.4 Å². The van der Waals surface area contributed by atoms with Crippen LogP contribution in [0.1, 0.15) is 24.9 Å². The number of carboxylic acids is 1. The van der Waals surface area contributed by atoms with Gasteiger partial charge in [0.15, 0.2) is 0 Å². The molecule has 0 radical (unpaired) electrons. The van der Waals surface area contributed by atoms with E-state index in [-0.39, 0.29) is 17.8 Å². The van der Waals surface area contributed by atoms with Gasteiger partial charge in [-0.25, -0.2) is 4.39 Å². The second-order valence-corrected chi connectivity index (χ2v) is 4.57. The lowest BCUT2D eigenvalue weighted by Gasteiger charge is -2.14. The van der Waals surface area contributed by atoms with E-state index in [0.717, 1.165) is 5.56 Å². The first-order valence-corrected chi connectivity index (χ1v) is 5.77. The zero-order chi connectivity index (χ0) is 13.3. The fraction of sp³-hybridized carbons (Fsp3) is 0.385. The molecule has 0 aliphatic heterocycles. The van der Waals surface area contributed by atoms with E-state index in [1.807, 2.05) is 0 Å². The van der Waals surface area contributed by atoms with E-state index in [0.29, 0.717) is 6.42 Å². The van der Waals surface area contributed by atoms with Gasteiger partial charge in [0.2, 0.25) is 5.91 Å². The Balaban J connectivity index is 1.92. The summed E-state index contributed by atoms with van der Waals surface area (Å²) in [5.74, 6) is -2.48. The summed E-state index contributed by atoms with van der Waals surface area (Å²) in [7, 11) is 0. The minimum Gasteiger partial charge on any atom is -0.481 e. The maximum absolute atomic E-state index is 12.7. The first-order chi connectivity index (χ1) is 8.49. The summed E-state index contributed by atoms with van der Waals surface area (Å²) in [6.45, 7) is 1.78. The number of aliphatic carboxylic acids is 1. The molecular formula is C13H14FNO3. The molecule has 96 valence electrons. The molecule has 2 rings (SSSR count). The Bertz CT molecular complexity index is 472. The zero-order valence-electron chi connectivity index (χ0n) is 9.89. The van der Waals surface area contributed by atoms with E-state index < -0.39 is 17.8 Å². The van der Waals surface area contributed by atoms with Gasteiger partial charge in [-0.2, -0.15) is 0 Å². The minimum atomic E-state index is -0.926. The van der Waals surface area contributed by atoms with E-state index in [4.69, 9.17) is 5.11 Å². The molecule has 1 amide bonds. The quantitative estimate of drug-likeness (QED) is 0.856. The minimum absolute atomic E-state index is 0.251. The van der Waals surface area contributed by atoms with Gasteiger partial charge in [-0.15, -0.1) is 0 Å². The highest BCUT2D eigenvalue weighted by molar-refractivity contribution is 5.89. The SMILES string of the molecule is C[C@@H](NC(=O)[C@@H]1C[C@@H]1C(=O)O)c1ccc(F)cc1. The molecule has 1 saturated carbocycles. The van der Waals surface area contributed by atoms with Crippen LogP contribution in [0.3, 0.4) is 0 Å². The lowest BCUT2D eigenvalue weighted by molar-refractivity contribution is -0.140. The van der Waals surface area contributed by atoms with Gasteiger partial charge in [-0.1, -0.05) is 12.1 Å². The summed E-state index contributed by atoms with van der Waals surface area (Å²) in [5, 5.41) is 11.5. The third-order valence-electron chi connectivity index (χ3n) is 3.17. The number of carbonyl (C=O) groups is 2. The van der Waals surface area contributed by atoms with Gasteiger partial charge in [0.1, 0.15) is 5.82 Å². The highest BCUT2D eigenvalue weighted by Crippen LogP contribution is 2.39. The molecule has 1 aliphatic carbocycles. The number of nitrogens with one attached hydrogen (secondary N) is 1. The van der Waals surface area contributed by atoms with E-state index in [1.54, 1.807) is 19.1 Å². The maximum Gasteiger partial charge on any atom is 0.307 e. The average Bonchev–Trinajstić information content (AvgIpc) is 3.09. The maximum atomic E-state index is 12.7. The molecule has 0 bridgehead atoms. The molecule has 1 aromatic carbocycles. The number of carboxylic acid groups (broad SMARTS) is 1. The van der Waals surface area contributed by atoms with Crippen molar-refractivity contribution in [2.24, 2.45) is 11.8 Å². The van der Waals surface area contributed by atoms with Crippen LogP contribution in [0.5, 0.6) is 0 Å². The fourth-order valence-corrected chi connectivity index (χ4v) is 1.91. The molecule has 4 nitrogen and oxygen atoms in total. The second-order valence-electron chi connectivity index (χ2n) is 4.57. The highest BCUT2D eigenvalue weighted by Gasteiger charge is 2.48. The van der Waals surface area contributed by atoms with Crippen LogP contribution in [0.2, 0.25) is 0 Å². The topological polar surface area (TPSA) is 66.4 Å². The molecule has 18 heavy (non-hydrogen) atoms. The van der Waals surface area contributed by atoms with E-state index in [9.17, 15) is 14.0 Å². The predicted molar refractivity (Wildman–Crippen MR) is 62.2 cm³/mol.